The summed E-state index contributed by atoms with van der Waals surface area (Å²) in [7, 11) is -3.63. The summed E-state index contributed by atoms with van der Waals surface area (Å²) in [6.45, 7) is 8.64. The predicted octanol–water partition coefficient (Wildman–Crippen LogP) is 3.60. The largest absolute Gasteiger partial charge is 0.352 e. The smallest absolute Gasteiger partial charge is 0.264 e. The highest BCUT2D eigenvalue weighted by molar-refractivity contribution is 7.92. The second kappa shape index (κ2) is 7.00. The maximum atomic E-state index is 13.1. The van der Waals surface area contributed by atoms with Gasteiger partial charge in [-0.3, -0.25) is 9.10 Å². The Morgan fingerprint density at radius 3 is 2.44 bits per heavy atom. The van der Waals surface area contributed by atoms with E-state index in [0.29, 0.717) is 24.2 Å². The molecule has 0 aromatic heterocycles. The van der Waals surface area contributed by atoms with Gasteiger partial charge in [-0.2, -0.15) is 0 Å². The van der Waals surface area contributed by atoms with Gasteiger partial charge in [-0.15, -0.1) is 0 Å². The van der Waals surface area contributed by atoms with Crippen molar-refractivity contribution in [3.8, 4) is 0 Å². The topological polar surface area (TPSA) is 66.5 Å². The Hall–Kier alpha value is -2.34. The molecule has 0 aliphatic carbocycles. The first kappa shape index (κ1) is 19.4. The Bertz CT molecular complexity index is 947. The first-order valence-electron chi connectivity index (χ1n) is 9.10. The monoisotopic (exact) mass is 386 g/mol. The van der Waals surface area contributed by atoms with Gasteiger partial charge in [0.25, 0.3) is 15.9 Å². The van der Waals surface area contributed by atoms with E-state index in [1.807, 2.05) is 13.0 Å². The minimum atomic E-state index is -3.63. The molecule has 0 spiro atoms. The van der Waals surface area contributed by atoms with E-state index in [1.165, 1.54) is 4.31 Å². The van der Waals surface area contributed by atoms with Crippen LogP contribution in [0.5, 0.6) is 0 Å². The van der Waals surface area contributed by atoms with Crippen LogP contribution in [0.3, 0.4) is 0 Å². The molecule has 3 rings (SSSR count). The zero-order valence-electron chi connectivity index (χ0n) is 16.2. The fraction of sp³-hybridized carbons (Fsp3) is 0.381. The van der Waals surface area contributed by atoms with E-state index < -0.39 is 10.0 Å². The first-order valence-corrected chi connectivity index (χ1v) is 10.5. The fourth-order valence-corrected chi connectivity index (χ4v) is 4.98. The summed E-state index contributed by atoms with van der Waals surface area (Å²) in [5.41, 5.74) is 2.09. The lowest BCUT2D eigenvalue weighted by Crippen LogP contribution is -2.35. The molecule has 1 heterocycles. The standard InChI is InChI=1S/C21H26N2O3S/c1-15-12-17-13-16(20(24)22-14-21(2,3)4)10-11-19(17)23(15)27(25,26)18-8-6-5-7-9-18/h5-11,13,15H,12,14H2,1-4H3,(H,22,24). The molecule has 0 saturated carbocycles. The lowest BCUT2D eigenvalue weighted by Gasteiger charge is -2.24. The third-order valence-electron chi connectivity index (χ3n) is 4.57. The van der Waals surface area contributed by atoms with Gasteiger partial charge in [0.2, 0.25) is 0 Å². The van der Waals surface area contributed by atoms with Crippen molar-refractivity contribution >= 4 is 21.6 Å². The third-order valence-corrected chi connectivity index (χ3v) is 6.52. The van der Waals surface area contributed by atoms with E-state index in [0.717, 1.165) is 5.56 Å². The van der Waals surface area contributed by atoms with Gasteiger partial charge < -0.3 is 5.32 Å². The van der Waals surface area contributed by atoms with Crippen molar-refractivity contribution in [3.63, 3.8) is 0 Å². The molecule has 0 fully saturated rings. The average molecular weight is 387 g/mol. The molecule has 1 atom stereocenters. The molecule has 0 bridgehead atoms. The van der Waals surface area contributed by atoms with Crippen molar-refractivity contribution in [1.82, 2.24) is 5.32 Å². The molecule has 0 saturated heterocycles. The molecule has 27 heavy (non-hydrogen) atoms. The highest BCUT2D eigenvalue weighted by Crippen LogP contribution is 2.37. The van der Waals surface area contributed by atoms with Crippen LogP contribution in [0.4, 0.5) is 5.69 Å². The molecule has 1 N–H and O–H groups in total. The fourth-order valence-electron chi connectivity index (χ4n) is 3.26. The summed E-state index contributed by atoms with van der Waals surface area (Å²) in [6.07, 6.45) is 0.585. The second-order valence-electron chi connectivity index (χ2n) is 8.25. The van der Waals surface area contributed by atoms with Crippen molar-refractivity contribution in [1.29, 1.82) is 0 Å². The van der Waals surface area contributed by atoms with Crippen LogP contribution in [0, 0.1) is 5.41 Å². The van der Waals surface area contributed by atoms with Crippen LogP contribution in [-0.2, 0) is 16.4 Å². The van der Waals surface area contributed by atoms with Gasteiger partial charge in [0.1, 0.15) is 0 Å². The number of fused-ring (bicyclic) bond motifs is 1. The summed E-state index contributed by atoms with van der Waals surface area (Å²) in [5, 5.41) is 2.94. The maximum Gasteiger partial charge on any atom is 0.264 e. The van der Waals surface area contributed by atoms with Crippen molar-refractivity contribution in [3.05, 3.63) is 59.7 Å². The van der Waals surface area contributed by atoms with Crippen LogP contribution in [0.15, 0.2) is 53.4 Å². The molecule has 5 nitrogen and oxygen atoms in total. The first-order chi connectivity index (χ1) is 12.6. The minimum Gasteiger partial charge on any atom is -0.352 e. The van der Waals surface area contributed by atoms with Crippen LogP contribution in [0.25, 0.3) is 0 Å². The summed E-state index contributed by atoms with van der Waals surface area (Å²) in [6, 6.07) is 13.5. The Kier molecular flexibility index (Phi) is 5.04. The van der Waals surface area contributed by atoms with E-state index in [1.54, 1.807) is 42.5 Å². The quantitative estimate of drug-likeness (QED) is 0.873. The van der Waals surface area contributed by atoms with Crippen LogP contribution >= 0.6 is 0 Å². The Morgan fingerprint density at radius 1 is 1.15 bits per heavy atom. The minimum absolute atomic E-state index is 0.00145. The van der Waals surface area contributed by atoms with Crippen molar-refractivity contribution in [2.45, 2.75) is 45.1 Å². The highest BCUT2D eigenvalue weighted by Gasteiger charge is 2.36. The van der Waals surface area contributed by atoms with Crippen molar-refractivity contribution < 1.29 is 13.2 Å². The summed E-state index contributed by atoms with van der Waals surface area (Å²) < 4.78 is 27.6. The molecule has 2 aromatic carbocycles. The number of rotatable bonds is 4. The summed E-state index contributed by atoms with van der Waals surface area (Å²) >= 11 is 0. The second-order valence-corrected chi connectivity index (χ2v) is 10.1. The highest BCUT2D eigenvalue weighted by atomic mass is 32.2. The number of nitrogens with one attached hydrogen (secondary N) is 1. The summed E-state index contributed by atoms with van der Waals surface area (Å²) in [5.74, 6) is -0.134. The number of hydrogen-bond acceptors (Lipinski definition) is 3. The molecular formula is C21H26N2O3S. The molecular weight excluding hydrogens is 360 g/mol. The molecule has 1 aliphatic rings. The van der Waals surface area contributed by atoms with Gasteiger partial charge in [0.05, 0.1) is 10.6 Å². The molecule has 0 radical (unpaired) electrons. The number of carbonyl (C=O) groups is 1. The SMILES string of the molecule is CC1Cc2cc(C(=O)NCC(C)(C)C)ccc2N1S(=O)(=O)c1ccccc1. The Balaban J connectivity index is 1.89. The lowest BCUT2D eigenvalue weighted by atomic mass is 9.97. The zero-order valence-corrected chi connectivity index (χ0v) is 17.0. The number of anilines is 1. The molecule has 144 valence electrons. The third kappa shape index (κ3) is 4.00. The van der Waals surface area contributed by atoms with E-state index in [2.05, 4.69) is 26.1 Å². The maximum absolute atomic E-state index is 13.1. The number of nitrogens with zero attached hydrogens (tertiary/aromatic N) is 1. The predicted molar refractivity (Wildman–Crippen MR) is 108 cm³/mol. The van der Waals surface area contributed by atoms with Gasteiger partial charge in [0.15, 0.2) is 0 Å². The van der Waals surface area contributed by atoms with Crippen LogP contribution in [-0.4, -0.2) is 26.9 Å². The molecule has 2 aromatic rings. The Labute approximate surface area is 161 Å². The zero-order chi connectivity index (χ0) is 19.8. The number of hydrogen-bond donors (Lipinski definition) is 1. The molecule has 1 amide bonds. The Morgan fingerprint density at radius 2 is 1.81 bits per heavy atom. The number of carbonyl (C=O) groups excluding carboxylic acids is 1. The molecule has 6 heteroatoms. The van der Waals surface area contributed by atoms with E-state index in [4.69, 9.17) is 0 Å². The normalized spacial score (nSPS) is 16.9. The van der Waals surface area contributed by atoms with Crippen molar-refractivity contribution in [2.24, 2.45) is 5.41 Å². The van der Waals surface area contributed by atoms with Crippen LogP contribution in [0.2, 0.25) is 0 Å². The van der Waals surface area contributed by atoms with Gasteiger partial charge in [-0.1, -0.05) is 39.0 Å². The van der Waals surface area contributed by atoms with Crippen LogP contribution in [0.1, 0.15) is 43.6 Å². The van der Waals surface area contributed by atoms with Crippen molar-refractivity contribution in [2.75, 3.05) is 10.8 Å². The van der Waals surface area contributed by atoms with Gasteiger partial charge in [0, 0.05) is 18.2 Å². The average Bonchev–Trinajstić information content (AvgIpc) is 2.95. The van der Waals surface area contributed by atoms with Gasteiger partial charge >= 0.3 is 0 Å². The van der Waals surface area contributed by atoms with E-state index in [9.17, 15) is 13.2 Å². The number of amides is 1. The summed E-state index contributed by atoms with van der Waals surface area (Å²) in [4.78, 5) is 12.7. The van der Waals surface area contributed by atoms with E-state index >= 15 is 0 Å². The molecule has 1 unspecified atom stereocenters. The lowest BCUT2D eigenvalue weighted by molar-refractivity contribution is 0.0939. The van der Waals surface area contributed by atoms with E-state index in [-0.39, 0.29) is 22.3 Å². The van der Waals surface area contributed by atoms with Gasteiger partial charge in [-0.05, 0) is 54.7 Å². The van der Waals surface area contributed by atoms with Crippen LogP contribution < -0.4 is 9.62 Å². The number of benzene rings is 2. The van der Waals surface area contributed by atoms with Gasteiger partial charge in [-0.25, -0.2) is 8.42 Å². The number of sulfonamides is 1. The molecule has 1 aliphatic heterocycles.